The zero-order chi connectivity index (χ0) is 27.2. The van der Waals surface area contributed by atoms with Gasteiger partial charge >= 0.3 is 0 Å². The number of nitrogens with two attached hydrogens (primary N) is 1. The summed E-state index contributed by atoms with van der Waals surface area (Å²) in [5.74, 6) is -0.541. The van der Waals surface area contributed by atoms with Crippen LogP contribution in [0.3, 0.4) is 0 Å². The number of aromatic nitrogens is 2. The van der Waals surface area contributed by atoms with Crippen LogP contribution in [-0.4, -0.2) is 69.2 Å². The quantitative estimate of drug-likeness (QED) is 0.393. The highest BCUT2D eigenvalue weighted by atomic mass is 16.3. The third-order valence-corrected chi connectivity index (χ3v) is 8.20. The number of hydrogen-bond acceptors (Lipinski definition) is 6. The highest BCUT2D eigenvalue weighted by molar-refractivity contribution is 5.98. The molecule has 2 fully saturated rings. The van der Waals surface area contributed by atoms with Gasteiger partial charge in [-0.2, -0.15) is 0 Å². The van der Waals surface area contributed by atoms with Crippen LogP contribution in [0.1, 0.15) is 77.9 Å². The highest BCUT2D eigenvalue weighted by Gasteiger charge is 2.34. The molecule has 2 aliphatic carbocycles. The van der Waals surface area contributed by atoms with Gasteiger partial charge in [0, 0.05) is 37.9 Å². The molecule has 1 aromatic carbocycles. The van der Waals surface area contributed by atoms with Crippen molar-refractivity contribution in [3.05, 3.63) is 65.8 Å². The van der Waals surface area contributed by atoms with Gasteiger partial charge in [-0.05, 0) is 49.8 Å². The Morgan fingerprint density at radius 1 is 1.21 bits per heavy atom. The predicted molar refractivity (Wildman–Crippen MR) is 152 cm³/mol. The SMILES string of the molecule is NC(=O)c1ccccc1NCC[C@@H]1CNCCN1C(=O)c1ncn(CC2(O)CCCCC2)c1C1=CC=CCC1. The van der Waals surface area contributed by atoms with E-state index in [1.165, 1.54) is 0 Å². The van der Waals surface area contributed by atoms with E-state index in [0.29, 0.717) is 49.5 Å². The maximum atomic E-state index is 14.1. The van der Waals surface area contributed by atoms with Crippen LogP contribution in [0.4, 0.5) is 5.69 Å². The van der Waals surface area contributed by atoms with Gasteiger partial charge in [0.05, 0.1) is 29.7 Å². The zero-order valence-corrected chi connectivity index (χ0v) is 22.6. The van der Waals surface area contributed by atoms with E-state index in [-0.39, 0.29) is 11.9 Å². The average molecular weight is 533 g/mol. The molecule has 1 aromatic heterocycles. The summed E-state index contributed by atoms with van der Waals surface area (Å²) in [6, 6.07) is 7.18. The van der Waals surface area contributed by atoms with Gasteiger partial charge in [0.15, 0.2) is 5.69 Å². The Balaban J connectivity index is 1.35. The topological polar surface area (TPSA) is 126 Å². The van der Waals surface area contributed by atoms with Crippen molar-refractivity contribution >= 4 is 23.1 Å². The number of rotatable bonds is 9. The minimum atomic E-state index is -0.760. The Morgan fingerprint density at radius 2 is 2.03 bits per heavy atom. The number of carbonyl (C=O) groups excluding carboxylic acids is 2. The van der Waals surface area contributed by atoms with E-state index in [1.54, 1.807) is 18.5 Å². The molecule has 9 nitrogen and oxygen atoms in total. The lowest BCUT2D eigenvalue weighted by molar-refractivity contribution is -0.0117. The number of allylic oxidation sites excluding steroid dienone is 4. The monoisotopic (exact) mass is 532 g/mol. The Hall–Kier alpha value is -3.43. The molecule has 1 atom stereocenters. The number of imidazole rings is 1. The molecule has 0 bridgehead atoms. The standard InChI is InChI=1S/C30H40N6O3/c31-28(37)24-11-5-6-12-25(24)33-16-13-23-19-32-17-18-36(23)29(38)26-27(22-9-3-1-4-10-22)35(21-34-26)20-30(39)14-7-2-8-15-30/h1,3,5-6,9,11-12,21,23,32-33,39H,2,4,7-8,10,13-20H2,(H2,31,37)/t23-/m1/s1. The summed E-state index contributed by atoms with van der Waals surface area (Å²) in [5.41, 5.74) is 8.32. The van der Waals surface area contributed by atoms with E-state index < -0.39 is 11.5 Å². The number of hydrogen-bond donors (Lipinski definition) is 4. The summed E-state index contributed by atoms with van der Waals surface area (Å²) in [6.07, 6.45) is 15.2. The summed E-state index contributed by atoms with van der Waals surface area (Å²) in [4.78, 5) is 32.4. The van der Waals surface area contributed by atoms with Crippen molar-refractivity contribution < 1.29 is 14.7 Å². The lowest BCUT2D eigenvalue weighted by Gasteiger charge is -2.36. The van der Waals surface area contributed by atoms with E-state index >= 15 is 0 Å². The van der Waals surface area contributed by atoms with Crippen LogP contribution in [0.2, 0.25) is 0 Å². The van der Waals surface area contributed by atoms with E-state index in [9.17, 15) is 14.7 Å². The second-order valence-corrected chi connectivity index (χ2v) is 11.0. The molecule has 9 heteroatoms. The number of carbonyl (C=O) groups is 2. The summed E-state index contributed by atoms with van der Waals surface area (Å²) < 4.78 is 2.02. The molecule has 2 amide bonds. The number of para-hydroxylation sites is 1. The molecular weight excluding hydrogens is 492 g/mol. The van der Waals surface area contributed by atoms with Crippen LogP contribution < -0.4 is 16.4 Å². The predicted octanol–water partition coefficient (Wildman–Crippen LogP) is 3.33. The molecule has 39 heavy (non-hydrogen) atoms. The van der Waals surface area contributed by atoms with Gasteiger partial charge in [0.1, 0.15) is 0 Å². The van der Waals surface area contributed by atoms with Crippen LogP contribution in [0, 0.1) is 0 Å². The fourth-order valence-corrected chi connectivity index (χ4v) is 6.13. The van der Waals surface area contributed by atoms with Crippen LogP contribution in [0.5, 0.6) is 0 Å². The summed E-state index contributed by atoms with van der Waals surface area (Å²) >= 11 is 0. The first-order chi connectivity index (χ1) is 19.0. The van der Waals surface area contributed by atoms with Crippen molar-refractivity contribution in [2.24, 2.45) is 5.73 Å². The van der Waals surface area contributed by atoms with Crippen LogP contribution >= 0.6 is 0 Å². The molecular formula is C30H40N6O3. The number of benzene rings is 1. The molecule has 1 aliphatic heterocycles. The minimum absolute atomic E-state index is 0.0275. The van der Waals surface area contributed by atoms with Crippen molar-refractivity contribution in [1.29, 1.82) is 0 Å². The second kappa shape index (κ2) is 12.2. The van der Waals surface area contributed by atoms with Crippen molar-refractivity contribution in [1.82, 2.24) is 19.8 Å². The Morgan fingerprint density at radius 3 is 2.79 bits per heavy atom. The van der Waals surface area contributed by atoms with Gasteiger partial charge in [-0.3, -0.25) is 9.59 Å². The molecule has 1 saturated carbocycles. The largest absolute Gasteiger partial charge is 0.388 e. The normalized spacial score (nSPS) is 20.9. The number of nitrogens with one attached hydrogen (secondary N) is 2. The van der Waals surface area contributed by atoms with Crippen molar-refractivity contribution in [3.63, 3.8) is 0 Å². The Labute approximate surface area is 230 Å². The Bertz CT molecular complexity index is 1240. The van der Waals surface area contributed by atoms with Gasteiger partial charge < -0.3 is 30.9 Å². The molecule has 5 rings (SSSR count). The van der Waals surface area contributed by atoms with Gasteiger partial charge in [-0.25, -0.2) is 4.98 Å². The van der Waals surface area contributed by atoms with E-state index in [2.05, 4.69) is 27.8 Å². The van der Waals surface area contributed by atoms with Gasteiger partial charge in [0.25, 0.3) is 11.8 Å². The number of primary amides is 1. The number of amides is 2. The lowest BCUT2D eigenvalue weighted by atomic mass is 9.84. The molecule has 2 aromatic rings. The molecule has 2 heterocycles. The fraction of sp³-hybridized carbons (Fsp3) is 0.500. The first-order valence-corrected chi connectivity index (χ1v) is 14.2. The first kappa shape index (κ1) is 27.1. The second-order valence-electron chi connectivity index (χ2n) is 11.0. The highest BCUT2D eigenvalue weighted by Crippen LogP contribution is 2.33. The van der Waals surface area contributed by atoms with Crippen LogP contribution in [-0.2, 0) is 6.54 Å². The smallest absolute Gasteiger partial charge is 0.275 e. The molecule has 3 aliphatic rings. The molecule has 0 radical (unpaired) electrons. The summed E-state index contributed by atoms with van der Waals surface area (Å²) in [7, 11) is 0. The van der Waals surface area contributed by atoms with Crippen LogP contribution in [0.25, 0.3) is 5.57 Å². The summed E-state index contributed by atoms with van der Waals surface area (Å²) in [6.45, 7) is 3.05. The maximum absolute atomic E-state index is 14.1. The van der Waals surface area contributed by atoms with Gasteiger partial charge in [-0.1, -0.05) is 49.6 Å². The molecule has 5 N–H and O–H groups in total. The first-order valence-electron chi connectivity index (χ1n) is 14.2. The van der Waals surface area contributed by atoms with E-state index in [1.807, 2.05) is 27.7 Å². The van der Waals surface area contributed by atoms with Gasteiger partial charge in [-0.15, -0.1) is 0 Å². The number of piperazine rings is 1. The maximum Gasteiger partial charge on any atom is 0.275 e. The fourth-order valence-electron chi connectivity index (χ4n) is 6.13. The molecule has 1 saturated heterocycles. The lowest BCUT2D eigenvalue weighted by Crippen LogP contribution is -2.54. The minimum Gasteiger partial charge on any atom is -0.388 e. The third kappa shape index (κ3) is 6.25. The third-order valence-electron chi connectivity index (χ3n) is 8.20. The Kier molecular flexibility index (Phi) is 8.47. The number of aliphatic hydroxyl groups is 1. The number of anilines is 1. The average Bonchev–Trinajstić information content (AvgIpc) is 3.36. The van der Waals surface area contributed by atoms with Crippen LogP contribution in [0.15, 0.2) is 48.8 Å². The number of nitrogens with zero attached hydrogens (tertiary/aromatic N) is 3. The van der Waals surface area contributed by atoms with E-state index in [4.69, 9.17) is 5.73 Å². The van der Waals surface area contributed by atoms with Gasteiger partial charge in [0.2, 0.25) is 0 Å². The molecule has 0 unspecified atom stereocenters. The molecule has 0 spiro atoms. The van der Waals surface area contributed by atoms with Crippen molar-refractivity contribution in [2.75, 3.05) is 31.5 Å². The zero-order valence-electron chi connectivity index (χ0n) is 22.6. The van der Waals surface area contributed by atoms with Crippen molar-refractivity contribution in [3.8, 4) is 0 Å². The van der Waals surface area contributed by atoms with Crippen molar-refractivity contribution in [2.45, 2.75) is 69.6 Å². The summed E-state index contributed by atoms with van der Waals surface area (Å²) in [5, 5.41) is 18.1. The van der Waals surface area contributed by atoms with E-state index in [0.717, 1.165) is 62.8 Å². The molecule has 208 valence electrons.